The third-order valence-corrected chi connectivity index (χ3v) is 3.19. The number of rotatable bonds is 3. The summed E-state index contributed by atoms with van der Waals surface area (Å²) in [7, 11) is 0. The average Bonchev–Trinajstić information content (AvgIpc) is 2.37. The Morgan fingerprint density at radius 1 is 1.00 bits per heavy atom. The molecule has 0 aliphatic carbocycles. The van der Waals surface area contributed by atoms with Gasteiger partial charge in [-0.05, 0) is 35.9 Å². The molecule has 0 aromatic heterocycles. The molecule has 1 nitrogen and oxygen atoms in total. The Kier molecular flexibility index (Phi) is 4.32. The lowest BCUT2D eigenvalue weighted by Gasteiger charge is -2.10. The van der Waals surface area contributed by atoms with Gasteiger partial charge in [0.05, 0.1) is 11.3 Å². The molecule has 0 spiro atoms. The Bertz CT molecular complexity index is 593. The SMILES string of the molecule is Fc1cc(Br)ccc1NCc1ccc(C(F)(F)F)cc1. The third-order valence-electron chi connectivity index (χ3n) is 2.70. The van der Waals surface area contributed by atoms with Gasteiger partial charge in [-0.15, -0.1) is 0 Å². The molecule has 0 radical (unpaired) electrons. The molecular formula is C14H10BrF4N. The fourth-order valence-corrected chi connectivity index (χ4v) is 1.97. The second kappa shape index (κ2) is 5.83. The summed E-state index contributed by atoms with van der Waals surface area (Å²) >= 11 is 3.14. The Balaban J connectivity index is 2.04. The van der Waals surface area contributed by atoms with E-state index in [1.165, 1.54) is 18.2 Å². The van der Waals surface area contributed by atoms with Gasteiger partial charge < -0.3 is 5.32 Å². The van der Waals surface area contributed by atoms with Crippen LogP contribution in [-0.2, 0) is 12.7 Å². The maximum Gasteiger partial charge on any atom is 0.416 e. The van der Waals surface area contributed by atoms with Gasteiger partial charge in [0.1, 0.15) is 5.82 Å². The number of benzene rings is 2. The summed E-state index contributed by atoms with van der Waals surface area (Å²) in [6.45, 7) is 0.247. The number of alkyl halides is 3. The second-order valence-electron chi connectivity index (χ2n) is 4.17. The molecule has 0 aliphatic heterocycles. The van der Waals surface area contributed by atoms with E-state index in [-0.39, 0.29) is 6.54 Å². The van der Waals surface area contributed by atoms with E-state index in [0.29, 0.717) is 15.7 Å². The Labute approximate surface area is 121 Å². The summed E-state index contributed by atoms with van der Waals surface area (Å²) < 4.78 is 51.3. The van der Waals surface area contributed by atoms with Crippen molar-refractivity contribution in [1.29, 1.82) is 0 Å². The summed E-state index contributed by atoms with van der Waals surface area (Å²) in [6, 6.07) is 9.31. The fourth-order valence-electron chi connectivity index (χ4n) is 1.64. The van der Waals surface area contributed by atoms with Crippen molar-refractivity contribution in [2.75, 3.05) is 5.32 Å². The molecule has 0 atom stereocenters. The zero-order chi connectivity index (χ0) is 14.8. The monoisotopic (exact) mass is 347 g/mol. The maximum absolute atomic E-state index is 13.5. The standard InChI is InChI=1S/C14H10BrF4N/c15-11-5-6-13(12(16)7-11)20-8-9-1-3-10(4-2-9)14(17,18)19/h1-7,20H,8H2. The maximum atomic E-state index is 13.5. The largest absolute Gasteiger partial charge is 0.416 e. The van der Waals surface area contributed by atoms with E-state index in [1.807, 2.05) is 0 Å². The molecule has 6 heteroatoms. The van der Waals surface area contributed by atoms with Crippen LogP contribution >= 0.6 is 15.9 Å². The van der Waals surface area contributed by atoms with Gasteiger partial charge in [0.25, 0.3) is 0 Å². The molecule has 2 rings (SSSR count). The number of hydrogen-bond donors (Lipinski definition) is 1. The van der Waals surface area contributed by atoms with E-state index in [0.717, 1.165) is 12.1 Å². The molecule has 0 aliphatic rings. The zero-order valence-corrected chi connectivity index (χ0v) is 11.7. The Hall–Kier alpha value is -1.56. The Morgan fingerprint density at radius 3 is 2.20 bits per heavy atom. The van der Waals surface area contributed by atoms with Crippen LogP contribution in [0.3, 0.4) is 0 Å². The quantitative estimate of drug-likeness (QED) is 0.750. The highest BCUT2D eigenvalue weighted by Crippen LogP contribution is 2.29. The highest BCUT2D eigenvalue weighted by Gasteiger charge is 2.29. The van der Waals surface area contributed by atoms with Crippen LogP contribution in [0.15, 0.2) is 46.9 Å². The number of anilines is 1. The van der Waals surface area contributed by atoms with Crippen molar-refractivity contribution in [2.45, 2.75) is 12.7 Å². The van der Waals surface area contributed by atoms with Crippen molar-refractivity contribution in [3.8, 4) is 0 Å². The van der Waals surface area contributed by atoms with Crippen LogP contribution in [0.1, 0.15) is 11.1 Å². The molecule has 0 amide bonds. The van der Waals surface area contributed by atoms with Crippen LogP contribution < -0.4 is 5.32 Å². The lowest BCUT2D eigenvalue weighted by Crippen LogP contribution is -2.06. The van der Waals surface area contributed by atoms with E-state index >= 15 is 0 Å². The van der Waals surface area contributed by atoms with Crippen molar-refractivity contribution < 1.29 is 17.6 Å². The minimum atomic E-state index is -4.34. The molecule has 2 aromatic carbocycles. The number of halogens is 5. The number of nitrogens with one attached hydrogen (secondary N) is 1. The molecular weight excluding hydrogens is 338 g/mol. The molecule has 0 saturated heterocycles. The molecule has 0 bridgehead atoms. The minimum absolute atomic E-state index is 0.247. The highest BCUT2D eigenvalue weighted by atomic mass is 79.9. The lowest BCUT2D eigenvalue weighted by molar-refractivity contribution is -0.137. The summed E-state index contributed by atoms with van der Waals surface area (Å²) in [4.78, 5) is 0. The van der Waals surface area contributed by atoms with Gasteiger partial charge in [0.2, 0.25) is 0 Å². The van der Waals surface area contributed by atoms with Crippen LogP contribution in [0.25, 0.3) is 0 Å². The summed E-state index contributed by atoms with van der Waals surface area (Å²) in [6.07, 6.45) is -4.34. The molecule has 20 heavy (non-hydrogen) atoms. The van der Waals surface area contributed by atoms with Gasteiger partial charge in [-0.2, -0.15) is 13.2 Å². The van der Waals surface area contributed by atoms with Crippen LogP contribution in [0.4, 0.5) is 23.2 Å². The van der Waals surface area contributed by atoms with Gasteiger partial charge in [-0.25, -0.2) is 4.39 Å². The molecule has 0 unspecified atom stereocenters. The van der Waals surface area contributed by atoms with Crippen molar-refractivity contribution in [3.63, 3.8) is 0 Å². The van der Waals surface area contributed by atoms with E-state index in [9.17, 15) is 17.6 Å². The van der Waals surface area contributed by atoms with Crippen molar-refractivity contribution >= 4 is 21.6 Å². The molecule has 0 heterocycles. The lowest BCUT2D eigenvalue weighted by atomic mass is 10.1. The molecule has 106 valence electrons. The van der Waals surface area contributed by atoms with Gasteiger partial charge in [-0.3, -0.25) is 0 Å². The van der Waals surface area contributed by atoms with Gasteiger partial charge in [0, 0.05) is 11.0 Å². The number of hydrogen-bond acceptors (Lipinski definition) is 1. The fraction of sp³-hybridized carbons (Fsp3) is 0.143. The van der Waals surface area contributed by atoms with Crippen molar-refractivity contribution in [3.05, 3.63) is 63.9 Å². The first kappa shape index (κ1) is 14.8. The smallest absolute Gasteiger partial charge is 0.379 e. The van der Waals surface area contributed by atoms with Gasteiger partial charge >= 0.3 is 6.18 Å². The third kappa shape index (κ3) is 3.72. The first-order chi connectivity index (χ1) is 9.36. The average molecular weight is 348 g/mol. The van der Waals surface area contributed by atoms with E-state index < -0.39 is 17.6 Å². The second-order valence-corrected chi connectivity index (χ2v) is 5.09. The minimum Gasteiger partial charge on any atom is -0.379 e. The first-order valence-corrected chi connectivity index (χ1v) is 6.50. The zero-order valence-electron chi connectivity index (χ0n) is 10.1. The molecule has 0 saturated carbocycles. The van der Waals surface area contributed by atoms with E-state index in [2.05, 4.69) is 21.2 Å². The van der Waals surface area contributed by atoms with E-state index in [4.69, 9.17) is 0 Å². The predicted molar refractivity (Wildman–Crippen MR) is 72.9 cm³/mol. The summed E-state index contributed by atoms with van der Waals surface area (Å²) in [5, 5.41) is 2.84. The van der Waals surface area contributed by atoms with Crippen LogP contribution in [0.2, 0.25) is 0 Å². The normalized spacial score (nSPS) is 11.4. The van der Waals surface area contributed by atoms with Gasteiger partial charge in [-0.1, -0.05) is 28.1 Å². The molecule has 1 N–H and O–H groups in total. The van der Waals surface area contributed by atoms with Crippen molar-refractivity contribution in [2.24, 2.45) is 0 Å². The summed E-state index contributed by atoms with van der Waals surface area (Å²) in [5.41, 5.74) is 0.240. The highest BCUT2D eigenvalue weighted by molar-refractivity contribution is 9.10. The summed E-state index contributed by atoms with van der Waals surface area (Å²) in [5.74, 6) is -0.425. The Morgan fingerprint density at radius 2 is 1.65 bits per heavy atom. The van der Waals surface area contributed by atoms with Gasteiger partial charge in [0.15, 0.2) is 0 Å². The van der Waals surface area contributed by atoms with Crippen molar-refractivity contribution in [1.82, 2.24) is 0 Å². The van der Waals surface area contributed by atoms with E-state index in [1.54, 1.807) is 12.1 Å². The van der Waals surface area contributed by atoms with Crippen LogP contribution in [-0.4, -0.2) is 0 Å². The predicted octanol–water partition coefficient (Wildman–Crippen LogP) is 5.22. The molecule has 2 aromatic rings. The first-order valence-electron chi connectivity index (χ1n) is 5.71. The van der Waals surface area contributed by atoms with Crippen LogP contribution in [0.5, 0.6) is 0 Å². The topological polar surface area (TPSA) is 12.0 Å². The molecule has 0 fully saturated rings. The van der Waals surface area contributed by atoms with Crippen LogP contribution in [0, 0.1) is 5.82 Å².